The van der Waals surface area contributed by atoms with Crippen LogP contribution in [-0.4, -0.2) is 14.9 Å². The number of nitrogens with zero attached hydrogens (tertiary/aromatic N) is 2. The first-order valence-corrected chi connectivity index (χ1v) is 7.12. The maximum absolute atomic E-state index is 5.25. The first-order valence-electron chi connectivity index (χ1n) is 5.84. The second-order valence-corrected chi connectivity index (χ2v) is 5.39. The van der Waals surface area contributed by atoms with E-state index in [1.54, 1.807) is 11.3 Å². The summed E-state index contributed by atoms with van der Waals surface area (Å²) in [7, 11) is 0. The van der Waals surface area contributed by atoms with Crippen molar-refractivity contribution in [2.75, 3.05) is 5.43 Å². The largest absolute Gasteiger partial charge is 0.317 e. The summed E-state index contributed by atoms with van der Waals surface area (Å²) >= 11 is 6.97. The molecule has 0 aliphatic carbocycles. The van der Waals surface area contributed by atoms with Crippen molar-refractivity contribution in [1.82, 2.24) is 14.9 Å². The lowest BCUT2D eigenvalue weighted by Crippen LogP contribution is -2.15. The molecule has 0 atom stereocenters. The van der Waals surface area contributed by atoms with Crippen molar-refractivity contribution in [2.45, 2.75) is 6.54 Å². The van der Waals surface area contributed by atoms with E-state index >= 15 is 0 Å². The fraction of sp³-hybridized carbons (Fsp3) is 0.0769. The van der Waals surface area contributed by atoms with Gasteiger partial charge in [-0.2, -0.15) is 5.10 Å². The van der Waals surface area contributed by atoms with Crippen molar-refractivity contribution in [3.8, 4) is 11.4 Å². The van der Waals surface area contributed by atoms with E-state index in [0.29, 0.717) is 4.77 Å². The molecule has 1 aromatic carbocycles. The molecule has 2 N–H and O–H groups in total. The fourth-order valence-corrected chi connectivity index (χ4v) is 2.63. The zero-order valence-electron chi connectivity index (χ0n) is 10.0. The van der Waals surface area contributed by atoms with Crippen LogP contribution in [0.4, 0.5) is 0 Å². The molecule has 96 valence electrons. The minimum atomic E-state index is 0.565. The molecule has 6 heteroatoms. The van der Waals surface area contributed by atoms with Crippen molar-refractivity contribution in [2.24, 2.45) is 0 Å². The first-order chi connectivity index (χ1) is 9.34. The molecule has 0 saturated heterocycles. The lowest BCUT2D eigenvalue weighted by molar-refractivity contribution is 0.839. The molecule has 3 rings (SSSR count). The third kappa shape index (κ3) is 2.59. The van der Waals surface area contributed by atoms with E-state index in [4.69, 9.17) is 12.2 Å². The van der Waals surface area contributed by atoms with Gasteiger partial charge in [-0.05, 0) is 23.7 Å². The minimum absolute atomic E-state index is 0.565. The Kier molecular flexibility index (Phi) is 3.43. The number of hydrogen-bond donors (Lipinski definition) is 2. The van der Waals surface area contributed by atoms with Gasteiger partial charge in [-0.15, -0.1) is 11.3 Å². The van der Waals surface area contributed by atoms with Crippen LogP contribution < -0.4 is 5.43 Å². The fourth-order valence-electron chi connectivity index (χ4n) is 1.79. The number of H-pyrrole nitrogens is 1. The number of rotatable bonds is 4. The smallest absolute Gasteiger partial charge is 0.214 e. The van der Waals surface area contributed by atoms with Gasteiger partial charge in [-0.25, -0.2) is 9.77 Å². The van der Waals surface area contributed by atoms with Gasteiger partial charge in [-0.3, -0.25) is 0 Å². The van der Waals surface area contributed by atoms with Gasteiger partial charge in [0.25, 0.3) is 0 Å². The molecule has 0 aliphatic rings. The molecule has 0 spiro atoms. The zero-order chi connectivity index (χ0) is 13.1. The maximum atomic E-state index is 5.25. The van der Waals surface area contributed by atoms with Crippen LogP contribution in [0, 0.1) is 4.77 Å². The second kappa shape index (κ2) is 5.38. The van der Waals surface area contributed by atoms with Crippen LogP contribution in [0.15, 0.2) is 47.8 Å². The summed E-state index contributed by atoms with van der Waals surface area (Å²) in [5.74, 6) is 0.794. The van der Waals surface area contributed by atoms with E-state index in [1.807, 2.05) is 41.1 Å². The Morgan fingerprint density at radius 2 is 2.05 bits per heavy atom. The number of aromatic nitrogens is 3. The Morgan fingerprint density at radius 3 is 2.79 bits per heavy atom. The highest BCUT2D eigenvalue weighted by atomic mass is 32.1. The molecule has 2 heterocycles. The van der Waals surface area contributed by atoms with Crippen molar-refractivity contribution in [3.05, 3.63) is 57.5 Å². The molecular weight excluding hydrogens is 276 g/mol. The third-order valence-electron chi connectivity index (χ3n) is 2.70. The van der Waals surface area contributed by atoms with E-state index < -0.39 is 0 Å². The van der Waals surface area contributed by atoms with Crippen LogP contribution in [0.25, 0.3) is 11.4 Å². The summed E-state index contributed by atoms with van der Waals surface area (Å²) in [5, 5.41) is 9.15. The van der Waals surface area contributed by atoms with Gasteiger partial charge in [0.05, 0.1) is 6.54 Å². The standard InChI is InChI=1S/C13H12N4S2/c18-13-16-15-12(10-5-2-1-3-6-10)17(13)14-9-11-7-4-8-19-11/h1-8,14H,9H2,(H,16,18). The van der Waals surface area contributed by atoms with Gasteiger partial charge < -0.3 is 5.43 Å². The van der Waals surface area contributed by atoms with E-state index in [0.717, 1.165) is 17.9 Å². The highest BCUT2D eigenvalue weighted by Gasteiger charge is 2.07. The lowest BCUT2D eigenvalue weighted by atomic mass is 10.2. The molecule has 0 radical (unpaired) electrons. The average Bonchev–Trinajstić information content (AvgIpc) is 3.07. The van der Waals surface area contributed by atoms with E-state index in [2.05, 4.69) is 27.1 Å². The monoisotopic (exact) mass is 288 g/mol. The Labute approximate surface area is 119 Å². The van der Waals surface area contributed by atoms with Gasteiger partial charge in [0, 0.05) is 10.4 Å². The number of thiophene rings is 1. The Bertz CT molecular complexity index is 698. The molecule has 2 aromatic heterocycles. The van der Waals surface area contributed by atoms with E-state index in [-0.39, 0.29) is 0 Å². The van der Waals surface area contributed by atoms with Gasteiger partial charge in [-0.1, -0.05) is 36.4 Å². The SMILES string of the molecule is S=c1[nH]nc(-c2ccccc2)n1NCc1cccs1. The normalized spacial score (nSPS) is 10.5. The van der Waals surface area contributed by atoms with Crippen LogP contribution in [-0.2, 0) is 6.54 Å². The van der Waals surface area contributed by atoms with Crippen LogP contribution in [0.3, 0.4) is 0 Å². The topological polar surface area (TPSA) is 45.6 Å². The number of benzene rings is 1. The molecule has 4 nitrogen and oxygen atoms in total. The molecule has 0 unspecified atom stereocenters. The predicted molar refractivity (Wildman–Crippen MR) is 80.2 cm³/mol. The van der Waals surface area contributed by atoms with Crippen LogP contribution in [0.2, 0.25) is 0 Å². The van der Waals surface area contributed by atoms with Crippen LogP contribution in [0.5, 0.6) is 0 Å². The van der Waals surface area contributed by atoms with Crippen molar-refractivity contribution < 1.29 is 0 Å². The summed E-state index contributed by atoms with van der Waals surface area (Å²) in [5.41, 5.74) is 4.31. The van der Waals surface area contributed by atoms with Gasteiger partial charge in [0.1, 0.15) is 0 Å². The summed E-state index contributed by atoms with van der Waals surface area (Å²) in [6.45, 7) is 0.728. The van der Waals surface area contributed by atoms with Gasteiger partial charge in [0.2, 0.25) is 4.77 Å². The summed E-state index contributed by atoms with van der Waals surface area (Å²) in [4.78, 5) is 1.25. The Balaban J connectivity index is 1.89. The molecule has 0 bridgehead atoms. The molecule has 0 amide bonds. The second-order valence-electron chi connectivity index (χ2n) is 3.97. The first kappa shape index (κ1) is 12.1. The van der Waals surface area contributed by atoms with Gasteiger partial charge in [0.15, 0.2) is 5.82 Å². The van der Waals surface area contributed by atoms with Crippen molar-refractivity contribution in [3.63, 3.8) is 0 Å². The summed E-state index contributed by atoms with van der Waals surface area (Å²) < 4.78 is 2.38. The Morgan fingerprint density at radius 1 is 1.21 bits per heavy atom. The number of hydrogen-bond acceptors (Lipinski definition) is 4. The van der Waals surface area contributed by atoms with Crippen molar-refractivity contribution in [1.29, 1.82) is 0 Å². The molecular formula is C13H12N4S2. The van der Waals surface area contributed by atoms with Crippen LogP contribution in [0.1, 0.15) is 4.88 Å². The lowest BCUT2D eigenvalue weighted by Gasteiger charge is -2.08. The molecule has 0 aliphatic heterocycles. The van der Waals surface area contributed by atoms with E-state index in [9.17, 15) is 0 Å². The summed E-state index contributed by atoms with van der Waals surface area (Å²) in [6.07, 6.45) is 0. The molecule has 0 fully saturated rings. The van der Waals surface area contributed by atoms with Gasteiger partial charge >= 0.3 is 0 Å². The van der Waals surface area contributed by atoms with E-state index in [1.165, 1.54) is 4.88 Å². The average molecular weight is 288 g/mol. The summed E-state index contributed by atoms with van der Waals surface area (Å²) in [6, 6.07) is 14.1. The third-order valence-corrected chi connectivity index (χ3v) is 3.85. The Hall–Kier alpha value is -1.92. The molecule has 3 aromatic rings. The van der Waals surface area contributed by atoms with Crippen LogP contribution >= 0.6 is 23.6 Å². The zero-order valence-corrected chi connectivity index (χ0v) is 11.7. The number of aromatic amines is 1. The molecule has 19 heavy (non-hydrogen) atoms. The predicted octanol–water partition coefficient (Wildman–Crippen LogP) is 3.41. The number of nitrogens with one attached hydrogen (secondary N) is 2. The maximum Gasteiger partial charge on any atom is 0.214 e. The quantitative estimate of drug-likeness (QED) is 0.723. The highest BCUT2D eigenvalue weighted by Crippen LogP contribution is 2.16. The molecule has 0 saturated carbocycles. The van der Waals surface area contributed by atoms with Crippen molar-refractivity contribution >= 4 is 23.6 Å². The minimum Gasteiger partial charge on any atom is -0.317 e. The highest BCUT2D eigenvalue weighted by molar-refractivity contribution is 7.71.